The molecule has 0 saturated carbocycles. The van der Waals surface area contributed by atoms with Gasteiger partial charge in [-0.05, 0) is 24.6 Å². The molecule has 0 atom stereocenters. The first-order chi connectivity index (χ1) is 7.59. The number of carboxylic acids is 1. The van der Waals surface area contributed by atoms with Crippen LogP contribution in [0.2, 0.25) is 5.02 Å². The van der Waals surface area contributed by atoms with Crippen molar-refractivity contribution in [3.05, 3.63) is 39.9 Å². The number of benzene rings is 1. The lowest BCUT2D eigenvalue weighted by atomic mass is 10.1. The van der Waals surface area contributed by atoms with Crippen LogP contribution in [0.5, 0.6) is 0 Å². The quantitative estimate of drug-likeness (QED) is 0.892. The summed E-state index contributed by atoms with van der Waals surface area (Å²) in [5, 5.41) is 11.9. The van der Waals surface area contributed by atoms with E-state index in [1.165, 1.54) is 11.3 Å². The number of hydrogen-bond donors (Lipinski definition) is 1. The predicted molar refractivity (Wildman–Crippen MR) is 64.3 cm³/mol. The average molecular weight is 254 g/mol. The van der Waals surface area contributed by atoms with Crippen LogP contribution in [0.4, 0.5) is 0 Å². The van der Waals surface area contributed by atoms with Gasteiger partial charge in [-0.25, -0.2) is 9.78 Å². The van der Waals surface area contributed by atoms with E-state index in [0.29, 0.717) is 5.56 Å². The van der Waals surface area contributed by atoms with E-state index in [-0.39, 0.29) is 10.6 Å². The van der Waals surface area contributed by atoms with Crippen molar-refractivity contribution in [3.63, 3.8) is 0 Å². The summed E-state index contributed by atoms with van der Waals surface area (Å²) in [5.74, 6) is -1.01. The molecule has 2 aromatic rings. The van der Waals surface area contributed by atoms with Crippen molar-refractivity contribution in [1.82, 2.24) is 4.98 Å². The minimum Gasteiger partial charge on any atom is -0.478 e. The Bertz CT molecular complexity index is 514. The molecule has 16 heavy (non-hydrogen) atoms. The van der Waals surface area contributed by atoms with E-state index in [4.69, 9.17) is 16.7 Å². The van der Waals surface area contributed by atoms with E-state index in [1.807, 2.05) is 5.38 Å². The number of hydrogen-bond acceptors (Lipinski definition) is 3. The van der Waals surface area contributed by atoms with Crippen molar-refractivity contribution in [2.75, 3.05) is 0 Å². The second kappa shape index (κ2) is 4.23. The molecule has 2 rings (SSSR count). The molecule has 0 fully saturated rings. The summed E-state index contributed by atoms with van der Waals surface area (Å²) in [7, 11) is 0. The Morgan fingerprint density at radius 2 is 2.25 bits per heavy atom. The normalized spacial score (nSPS) is 10.4. The molecule has 0 saturated heterocycles. The molecule has 0 aliphatic heterocycles. The van der Waals surface area contributed by atoms with Gasteiger partial charge in [0.15, 0.2) is 0 Å². The molecular formula is C11H8ClNO2S. The largest absolute Gasteiger partial charge is 0.478 e. The number of aromatic carboxylic acids is 1. The van der Waals surface area contributed by atoms with Gasteiger partial charge in [-0.3, -0.25) is 0 Å². The summed E-state index contributed by atoms with van der Waals surface area (Å²) in [5.41, 5.74) is 1.65. The molecule has 0 bridgehead atoms. The molecule has 82 valence electrons. The van der Waals surface area contributed by atoms with Crippen molar-refractivity contribution in [2.24, 2.45) is 0 Å². The number of halogens is 1. The molecule has 1 aromatic carbocycles. The van der Waals surface area contributed by atoms with Gasteiger partial charge >= 0.3 is 5.97 Å². The fourth-order valence-corrected chi connectivity index (χ4v) is 2.48. The molecular weight excluding hydrogens is 246 g/mol. The van der Waals surface area contributed by atoms with E-state index in [9.17, 15) is 4.79 Å². The molecule has 5 heteroatoms. The lowest BCUT2D eigenvalue weighted by Gasteiger charge is -2.06. The molecule has 0 radical (unpaired) electrons. The van der Waals surface area contributed by atoms with Crippen LogP contribution in [0.3, 0.4) is 0 Å². The fraction of sp³-hybridized carbons (Fsp3) is 0.0909. The molecule has 0 aliphatic rings. The third kappa shape index (κ3) is 1.94. The third-order valence-corrected chi connectivity index (χ3v) is 3.30. The molecule has 1 aromatic heterocycles. The van der Waals surface area contributed by atoms with Gasteiger partial charge in [0.25, 0.3) is 0 Å². The predicted octanol–water partition coefficient (Wildman–Crippen LogP) is 3.47. The van der Waals surface area contributed by atoms with Crippen LogP contribution in [0.1, 0.15) is 15.9 Å². The standard InChI is InChI=1S/C11H8ClNO2S/c1-6-4-7(10-13-2-3-16-10)5-8(12)9(6)11(14)15/h2-5H,1H3,(H,14,15). The van der Waals surface area contributed by atoms with Crippen LogP contribution in [-0.4, -0.2) is 16.1 Å². The van der Waals surface area contributed by atoms with Gasteiger partial charge in [0.2, 0.25) is 0 Å². The maximum Gasteiger partial charge on any atom is 0.337 e. The SMILES string of the molecule is Cc1cc(-c2nccs2)cc(Cl)c1C(=O)O. The highest BCUT2D eigenvalue weighted by Crippen LogP contribution is 2.29. The topological polar surface area (TPSA) is 50.2 Å². The van der Waals surface area contributed by atoms with Crippen LogP contribution < -0.4 is 0 Å². The Morgan fingerprint density at radius 1 is 1.50 bits per heavy atom. The molecule has 1 N–H and O–H groups in total. The lowest BCUT2D eigenvalue weighted by Crippen LogP contribution is -2.01. The summed E-state index contributed by atoms with van der Waals surface area (Å²) < 4.78 is 0. The highest BCUT2D eigenvalue weighted by Gasteiger charge is 2.14. The van der Waals surface area contributed by atoms with Crippen LogP contribution in [-0.2, 0) is 0 Å². The van der Waals surface area contributed by atoms with Crippen LogP contribution in [0, 0.1) is 6.92 Å². The molecule has 0 amide bonds. The highest BCUT2D eigenvalue weighted by molar-refractivity contribution is 7.13. The smallest absolute Gasteiger partial charge is 0.337 e. The van der Waals surface area contributed by atoms with E-state index >= 15 is 0 Å². The first kappa shape index (κ1) is 11.1. The zero-order chi connectivity index (χ0) is 11.7. The number of nitrogens with zero attached hydrogens (tertiary/aromatic N) is 1. The minimum atomic E-state index is -1.01. The molecule has 0 aliphatic carbocycles. The van der Waals surface area contributed by atoms with Crippen molar-refractivity contribution >= 4 is 28.9 Å². The van der Waals surface area contributed by atoms with Crippen LogP contribution in [0.25, 0.3) is 10.6 Å². The number of thiazole rings is 1. The monoisotopic (exact) mass is 253 g/mol. The lowest BCUT2D eigenvalue weighted by molar-refractivity contribution is 0.0696. The van der Waals surface area contributed by atoms with Crippen molar-refractivity contribution < 1.29 is 9.90 Å². The van der Waals surface area contributed by atoms with Crippen LogP contribution >= 0.6 is 22.9 Å². The Morgan fingerprint density at radius 3 is 2.75 bits per heavy atom. The Labute approximate surface area is 101 Å². The molecule has 0 spiro atoms. The highest BCUT2D eigenvalue weighted by atomic mass is 35.5. The van der Waals surface area contributed by atoms with E-state index in [0.717, 1.165) is 10.6 Å². The zero-order valence-electron chi connectivity index (χ0n) is 8.40. The second-order valence-electron chi connectivity index (χ2n) is 3.29. The van der Waals surface area contributed by atoms with Crippen molar-refractivity contribution in [2.45, 2.75) is 6.92 Å². The van der Waals surface area contributed by atoms with Crippen LogP contribution in [0.15, 0.2) is 23.7 Å². The van der Waals surface area contributed by atoms with Gasteiger partial charge in [0, 0.05) is 17.1 Å². The summed E-state index contributed by atoms with van der Waals surface area (Å²) in [6, 6.07) is 3.42. The summed E-state index contributed by atoms with van der Waals surface area (Å²) in [4.78, 5) is 15.1. The molecule has 0 unspecified atom stereocenters. The van der Waals surface area contributed by atoms with Gasteiger partial charge in [-0.2, -0.15) is 0 Å². The van der Waals surface area contributed by atoms with Gasteiger partial charge in [0.05, 0.1) is 10.6 Å². The van der Waals surface area contributed by atoms with Gasteiger partial charge in [-0.15, -0.1) is 11.3 Å². The number of rotatable bonds is 2. The first-order valence-corrected chi connectivity index (χ1v) is 5.78. The van der Waals surface area contributed by atoms with Gasteiger partial charge in [0.1, 0.15) is 5.01 Å². The average Bonchev–Trinajstić information content (AvgIpc) is 2.67. The summed E-state index contributed by atoms with van der Waals surface area (Å²) >= 11 is 7.43. The maximum atomic E-state index is 10.9. The van der Waals surface area contributed by atoms with E-state index in [2.05, 4.69) is 4.98 Å². The Hall–Kier alpha value is -1.39. The van der Waals surface area contributed by atoms with Crippen molar-refractivity contribution in [1.29, 1.82) is 0 Å². The molecule has 3 nitrogen and oxygen atoms in total. The minimum absolute atomic E-state index is 0.155. The number of carbonyl (C=O) groups is 1. The van der Waals surface area contributed by atoms with Gasteiger partial charge < -0.3 is 5.11 Å². The van der Waals surface area contributed by atoms with Crippen molar-refractivity contribution in [3.8, 4) is 10.6 Å². The zero-order valence-corrected chi connectivity index (χ0v) is 9.97. The van der Waals surface area contributed by atoms with Gasteiger partial charge in [-0.1, -0.05) is 11.6 Å². The molecule has 1 heterocycles. The Kier molecular flexibility index (Phi) is 2.94. The number of aryl methyl sites for hydroxylation is 1. The Balaban J connectivity index is 2.58. The summed E-state index contributed by atoms with van der Waals surface area (Å²) in [6.07, 6.45) is 1.70. The maximum absolute atomic E-state index is 10.9. The van der Waals surface area contributed by atoms with E-state index in [1.54, 1.807) is 25.3 Å². The summed E-state index contributed by atoms with van der Waals surface area (Å²) in [6.45, 7) is 1.73. The number of carboxylic acid groups (broad SMARTS) is 1. The second-order valence-corrected chi connectivity index (χ2v) is 4.59. The third-order valence-electron chi connectivity index (χ3n) is 2.18. The first-order valence-electron chi connectivity index (χ1n) is 4.53. The fourth-order valence-electron chi connectivity index (χ4n) is 1.50. The number of aromatic nitrogens is 1. The van der Waals surface area contributed by atoms with E-state index < -0.39 is 5.97 Å².